The Morgan fingerprint density at radius 1 is 1.22 bits per heavy atom. The summed E-state index contributed by atoms with van der Waals surface area (Å²) in [6.07, 6.45) is 0. The van der Waals surface area contributed by atoms with Crippen molar-refractivity contribution in [1.29, 1.82) is 0 Å². The second-order valence-corrected chi connectivity index (χ2v) is 4.82. The number of nitrogens with one attached hydrogen (secondary N) is 1. The van der Waals surface area contributed by atoms with Crippen molar-refractivity contribution in [2.24, 2.45) is 0 Å². The van der Waals surface area contributed by atoms with Gasteiger partial charge < -0.3 is 10.4 Å². The van der Waals surface area contributed by atoms with Crippen molar-refractivity contribution in [3.8, 4) is 0 Å². The van der Waals surface area contributed by atoms with E-state index >= 15 is 0 Å². The van der Waals surface area contributed by atoms with Crippen LogP contribution in [0.4, 0.5) is 13.2 Å². The van der Waals surface area contributed by atoms with Gasteiger partial charge in [-0.25, -0.2) is 13.2 Å². The Morgan fingerprint density at radius 3 is 2.17 bits per heavy atom. The zero-order valence-corrected chi connectivity index (χ0v) is 10.7. The van der Waals surface area contributed by atoms with E-state index in [4.69, 9.17) is 0 Å². The Hall–Kier alpha value is -1.07. The van der Waals surface area contributed by atoms with Crippen LogP contribution in [0.2, 0.25) is 0 Å². The maximum atomic E-state index is 13.9. The van der Waals surface area contributed by atoms with Gasteiger partial charge in [-0.05, 0) is 24.6 Å². The lowest BCUT2D eigenvalue weighted by Crippen LogP contribution is -2.50. The molecule has 1 rings (SSSR count). The van der Waals surface area contributed by atoms with Gasteiger partial charge in [-0.3, -0.25) is 0 Å². The zero-order valence-electron chi connectivity index (χ0n) is 10.7. The van der Waals surface area contributed by atoms with Gasteiger partial charge in [0.1, 0.15) is 5.82 Å². The summed E-state index contributed by atoms with van der Waals surface area (Å²) in [5.74, 6) is -3.88. The molecule has 0 amide bonds. The zero-order chi connectivity index (χ0) is 14.0. The quantitative estimate of drug-likeness (QED) is 0.854. The Bertz CT molecular complexity index is 388. The van der Waals surface area contributed by atoms with Crippen molar-refractivity contribution in [2.75, 3.05) is 6.54 Å². The summed E-state index contributed by atoms with van der Waals surface area (Å²) < 4.78 is 40.6. The van der Waals surface area contributed by atoms with E-state index in [1.54, 1.807) is 13.8 Å². The molecule has 0 aliphatic rings. The molecule has 0 aromatic heterocycles. The third-order valence-electron chi connectivity index (χ3n) is 2.85. The number of hydrogen-bond donors (Lipinski definition) is 2. The molecule has 0 aliphatic heterocycles. The van der Waals surface area contributed by atoms with Crippen molar-refractivity contribution in [2.45, 2.75) is 38.3 Å². The summed E-state index contributed by atoms with van der Waals surface area (Å²) >= 11 is 0. The van der Waals surface area contributed by atoms with Crippen LogP contribution in [-0.4, -0.2) is 23.6 Å². The fourth-order valence-corrected chi connectivity index (χ4v) is 1.49. The second-order valence-electron chi connectivity index (χ2n) is 4.82. The molecule has 5 heteroatoms. The molecule has 2 nitrogen and oxygen atoms in total. The third kappa shape index (κ3) is 3.23. The smallest absolute Gasteiger partial charge is 0.292 e. The van der Waals surface area contributed by atoms with Crippen LogP contribution in [0.1, 0.15) is 26.3 Å². The van der Waals surface area contributed by atoms with Gasteiger partial charge in [0.25, 0.3) is 5.92 Å². The van der Waals surface area contributed by atoms with Gasteiger partial charge in [0.2, 0.25) is 0 Å². The molecule has 0 radical (unpaired) electrons. The van der Waals surface area contributed by atoms with Crippen molar-refractivity contribution in [1.82, 2.24) is 5.32 Å². The lowest BCUT2D eigenvalue weighted by molar-refractivity contribution is -0.175. The highest BCUT2D eigenvalue weighted by Crippen LogP contribution is 2.37. The van der Waals surface area contributed by atoms with E-state index in [-0.39, 0.29) is 11.6 Å². The highest BCUT2D eigenvalue weighted by Gasteiger charge is 2.49. The molecule has 0 heterocycles. The van der Waals surface area contributed by atoms with Crippen molar-refractivity contribution in [3.05, 3.63) is 35.6 Å². The number of halogens is 3. The van der Waals surface area contributed by atoms with Gasteiger partial charge in [-0.1, -0.05) is 26.0 Å². The molecule has 102 valence electrons. The number of hydrogen-bond acceptors (Lipinski definition) is 2. The highest BCUT2D eigenvalue weighted by molar-refractivity contribution is 5.25. The second kappa shape index (κ2) is 5.28. The number of aliphatic hydroxyl groups is 1. The molecule has 0 bridgehead atoms. The average Bonchev–Trinajstić information content (AvgIpc) is 2.27. The number of alkyl halides is 2. The van der Waals surface area contributed by atoms with E-state index in [0.717, 1.165) is 19.1 Å². The van der Waals surface area contributed by atoms with Crippen LogP contribution in [0.5, 0.6) is 0 Å². The maximum Gasteiger partial charge on any atom is 0.292 e. The number of benzene rings is 1. The molecule has 18 heavy (non-hydrogen) atoms. The van der Waals surface area contributed by atoms with Crippen LogP contribution < -0.4 is 5.32 Å². The van der Waals surface area contributed by atoms with Crippen LogP contribution in [0, 0.1) is 5.82 Å². The average molecular weight is 261 g/mol. The molecular weight excluding hydrogens is 243 g/mol. The minimum Gasteiger partial charge on any atom is -0.379 e. The Kier molecular flexibility index (Phi) is 4.40. The van der Waals surface area contributed by atoms with Crippen molar-refractivity contribution < 1.29 is 18.3 Å². The summed E-state index contributed by atoms with van der Waals surface area (Å²) in [6, 6.07) is 4.32. The fraction of sp³-hybridized carbons (Fsp3) is 0.538. The van der Waals surface area contributed by atoms with Crippen LogP contribution in [0.25, 0.3) is 0 Å². The van der Waals surface area contributed by atoms with E-state index in [9.17, 15) is 18.3 Å². The predicted octanol–water partition coefficient (Wildman–Crippen LogP) is 2.67. The minimum atomic E-state index is -3.35. The molecule has 0 saturated heterocycles. The van der Waals surface area contributed by atoms with E-state index in [0.29, 0.717) is 0 Å². The first kappa shape index (κ1) is 15.0. The Morgan fingerprint density at radius 2 is 1.72 bits per heavy atom. The van der Waals surface area contributed by atoms with E-state index in [2.05, 4.69) is 5.32 Å². The van der Waals surface area contributed by atoms with Crippen LogP contribution in [0.3, 0.4) is 0 Å². The van der Waals surface area contributed by atoms with Crippen LogP contribution in [-0.2, 0) is 5.60 Å². The molecule has 1 atom stereocenters. The van der Waals surface area contributed by atoms with E-state index in [1.807, 2.05) is 0 Å². The summed E-state index contributed by atoms with van der Waals surface area (Å²) in [7, 11) is 0. The summed E-state index contributed by atoms with van der Waals surface area (Å²) in [4.78, 5) is 0. The highest BCUT2D eigenvalue weighted by atomic mass is 19.3. The summed E-state index contributed by atoms with van der Waals surface area (Å²) in [5.41, 5.74) is -2.36. The topological polar surface area (TPSA) is 32.3 Å². The lowest BCUT2D eigenvalue weighted by atomic mass is 9.89. The first-order valence-electron chi connectivity index (χ1n) is 5.76. The third-order valence-corrected chi connectivity index (χ3v) is 2.85. The first-order chi connectivity index (χ1) is 8.17. The molecule has 1 unspecified atom stereocenters. The van der Waals surface area contributed by atoms with Gasteiger partial charge in [-0.2, -0.15) is 0 Å². The van der Waals surface area contributed by atoms with E-state index < -0.39 is 23.9 Å². The Balaban J connectivity index is 2.93. The van der Waals surface area contributed by atoms with E-state index in [1.165, 1.54) is 12.1 Å². The minimum absolute atomic E-state index is 0.0144. The molecule has 0 saturated carbocycles. The van der Waals surface area contributed by atoms with Crippen molar-refractivity contribution >= 4 is 0 Å². The van der Waals surface area contributed by atoms with Crippen LogP contribution in [0.15, 0.2) is 24.3 Å². The molecule has 0 fully saturated rings. The maximum absolute atomic E-state index is 13.9. The summed E-state index contributed by atoms with van der Waals surface area (Å²) in [6.45, 7) is 3.86. The van der Waals surface area contributed by atoms with Gasteiger partial charge in [-0.15, -0.1) is 0 Å². The van der Waals surface area contributed by atoms with Crippen LogP contribution >= 0.6 is 0 Å². The summed E-state index contributed by atoms with van der Waals surface area (Å²) in [5, 5.41) is 12.6. The molecular formula is C13H18F3NO. The monoisotopic (exact) mass is 261 g/mol. The van der Waals surface area contributed by atoms with Gasteiger partial charge in [0.05, 0.1) is 6.54 Å². The molecule has 1 aromatic carbocycles. The standard InChI is InChI=1S/C13H18F3NO/c1-9(2)17-8-13(15,16)12(3,18)10-4-6-11(14)7-5-10/h4-7,9,17-18H,8H2,1-3H3. The van der Waals surface area contributed by atoms with Gasteiger partial charge in [0, 0.05) is 6.04 Å². The predicted molar refractivity (Wildman–Crippen MR) is 64.1 cm³/mol. The SMILES string of the molecule is CC(C)NCC(F)(F)C(C)(O)c1ccc(F)cc1. The van der Waals surface area contributed by atoms with Crippen molar-refractivity contribution in [3.63, 3.8) is 0 Å². The Labute approximate surface area is 105 Å². The molecule has 0 spiro atoms. The normalized spacial score (nSPS) is 15.8. The fourth-order valence-electron chi connectivity index (χ4n) is 1.49. The molecule has 0 aliphatic carbocycles. The molecule has 1 aromatic rings. The van der Waals surface area contributed by atoms with Gasteiger partial charge in [0.15, 0.2) is 5.60 Å². The van der Waals surface area contributed by atoms with Gasteiger partial charge >= 0.3 is 0 Å². The largest absolute Gasteiger partial charge is 0.379 e. The lowest BCUT2D eigenvalue weighted by Gasteiger charge is -2.33. The first-order valence-corrected chi connectivity index (χ1v) is 5.76. The number of rotatable bonds is 5. The molecule has 2 N–H and O–H groups in total.